The summed E-state index contributed by atoms with van der Waals surface area (Å²) < 4.78 is 18.1. The van der Waals surface area contributed by atoms with Crippen LogP contribution in [0.5, 0.6) is 5.75 Å². The van der Waals surface area contributed by atoms with Gasteiger partial charge in [-0.15, -0.1) is 0 Å². The summed E-state index contributed by atoms with van der Waals surface area (Å²) in [6.07, 6.45) is 1.14. The van der Waals surface area contributed by atoms with Crippen molar-refractivity contribution in [3.8, 4) is 5.75 Å². The molecule has 0 unspecified atom stereocenters. The first kappa shape index (κ1) is 11.2. The third-order valence-corrected chi connectivity index (χ3v) is 1.69. The lowest BCUT2D eigenvalue weighted by Crippen LogP contribution is -2.09. The molecule has 1 N–H and O–H groups in total. The quantitative estimate of drug-likeness (QED) is 0.773. The summed E-state index contributed by atoms with van der Waals surface area (Å²) >= 11 is 0. The van der Waals surface area contributed by atoms with Gasteiger partial charge >= 0.3 is 0 Å². The lowest BCUT2D eigenvalue weighted by atomic mass is 10.3. The van der Waals surface area contributed by atoms with E-state index in [0.29, 0.717) is 18.0 Å². The Kier molecular flexibility index (Phi) is 3.85. The van der Waals surface area contributed by atoms with Crippen LogP contribution in [0, 0.1) is 5.82 Å². The molecule has 0 spiro atoms. The summed E-state index contributed by atoms with van der Waals surface area (Å²) in [5.41, 5.74) is 0.433. The van der Waals surface area contributed by atoms with Crippen molar-refractivity contribution in [3.05, 3.63) is 36.7 Å². The largest absolute Gasteiger partial charge is 0.492 e. The van der Waals surface area contributed by atoms with Gasteiger partial charge in [-0.1, -0.05) is 6.58 Å². The van der Waals surface area contributed by atoms with E-state index in [0.717, 1.165) is 6.08 Å². The van der Waals surface area contributed by atoms with Crippen molar-refractivity contribution in [2.24, 2.45) is 0 Å². The second kappa shape index (κ2) is 5.14. The van der Waals surface area contributed by atoms with Gasteiger partial charge in [-0.2, -0.15) is 0 Å². The van der Waals surface area contributed by atoms with Gasteiger partial charge < -0.3 is 10.1 Å². The third kappa shape index (κ3) is 3.09. The topological polar surface area (TPSA) is 38.3 Å². The molecule has 0 aliphatic rings. The van der Waals surface area contributed by atoms with Crippen LogP contribution >= 0.6 is 0 Å². The van der Waals surface area contributed by atoms with Crippen LogP contribution in [0.2, 0.25) is 0 Å². The highest BCUT2D eigenvalue weighted by atomic mass is 19.1. The van der Waals surface area contributed by atoms with Crippen LogP contribution in [0.15, 0.2) is 30.9 Å². The zero-order chi connectivity index (χ0) is 11.3. The van der Waals surface area contributed by atoms with E-state index in [1.807, 2.05) is 0 Å². The van der Waals surface area contributed by atoms with E-state index >= 15 is 0 Å². The molecule has 0 aliphatic heterocycles. The Morgan fingerprint density at radius 3 is 3.00 bits per heavy atom. The first-order valence-corrected chi connectivity index (χ1v) is 4.53. The highest BCUT2D eigenvalue weighted by Crippen LogP contribution is 2.25. The zero-order valence-electron chi connectivity index (χ0n) is 8.42. The van der Waals surface area contributed by atoms with Crippen LogP contribution in [0.4, 0.5) is 10.1 Å². The SMILES string of the molecule is C=CC(=O)Nc1ccc(F)cc1OCC. The number of anilines is 1. The standard InChI is InChI=1S/C11H12FNO2/c1-3-11(14)13-9-6-5-8(12)7-10(9)15-4-2/h3,5-7H,1,4H2,2H3,(H,13,14). The second-order valence-corrected chi connectivity index (χ2v) is 2.77. The molecule has 0 fully saturated rings. The predicted octanol–water partition coefficient (Wildman–Crippen LogP) is 2.35. The van der Waals surface area contributed by atoms with Crippen molar-refractivity contribution < 1.29 is 13.9 Å². The van der Waals surface area contributed by atoms with Crippen molar-refractivity contribution in [2.75, 3.05) is 11.9 Å². The van der Waals surface area contributed by atoms with E-state index in [1.54, 1.807) is 6.92 Å². The van der Waals surface area contributed by atoms with E-state index in [1.165, 1.54) is 18.2 Å². The molecule has 0 saturated carbocycles. The highest BCUT2D eigenvalue weighted by Gasteiger charge is 2.06. The number of rotatable bonds is 4. The summed E-state index contributed by atoms with van der Waals surface area (Å²) in [6, 6.07) is 3.92. The summed E-state index contributed by atoms with van der Waals surface area (Å²) in [6.45, 7) is 5.51. The number of nitrogens with one attached hydrogen (secondary N) is 1. The minimum atomic E-state index is -0.407. The predicted molar refractivity (Wildman–Crippen MR) is 56.4 cm³/mol. The van der Waals surface area contributed by atoms with Gasteiger partial charge in [0.2, 0.25) is 5.91 Å². The maximum atomic E-state index is 12.9. The van der Waals surface area contributed by atoms with Crippen LogP contribution in [0.3, 0.4) is 0 Å². The van der Waals surface area contributed by atoms with Crippen LogP contribution in [0.1, 0.15) is 6.92 Å². The van der Waals surface area contributed by atoms with Gasteiger partial charge in [0.15, 0.2) is 0 Å². The van der Waals surface area contributed by atoms with Crippen molar-refractivity contribution in [1.29, 1.82) is 0 Å². The fourth-order valence-electron chi connectivity index (χ4n) is 1.06. The van der Waals surface area contributed by atoms with Gasteiger partial charge in [0.25, 0.3) is 0 Å². The average Bonchev–Trinajstić information content (AvgIpc) is 2.22. The Morgan fingerprint density at radius 2 is 2.40 bits per heavy atom. The summed E-state index contributed by atoms with van der Waals surface area (Å²) in [5.74, 6) is -0.453. The smallest absolute Gasteiger partial charge is 0.247 e. The molecular formula is C11H12FNO2. The molecule has 0 bridgehead atoms. The second-order valence-electron chi connectivity index (χ2n) is 2.77. The van der Waals surface area contributed by atoms with Gasteiger partial charge in [0.05, 0.1) is 12.3 Å². The van der Waals surface area contributed by atoms with Gasteiger partial charge in [0.1, 0.15) is 11.6 Å². The number of carbonyl (C=O) groups excluding carboxylic acids is 1. The van der Waals surface area contributed by atoms with Crippen LogP contribution < -0.4 is 10.1 Å². The number of halogens is 1. The number of hydrogen-bond donors (Lipinski definition) is 1. The van der Waals surface area contributed by atoms with E-state index < -0.39 is 5.82 Å². The van der Waals surface area contributed by atoms with Gasteiger partial charge in [-0.25, -0.2) is 4.39 Å². The van der Waals surface area contributed by atoms with Crippen molar-refractivity contribution in [2.45, 2.75) is 6.92 Å². The van der Waals surface area contributed by atoms with Gasteiger partial charge in [0, 0.05) is 6.07 Å². The minimum absolute atomic E-state index is 0.313. The molecule has 15 heavy (non-hydrogen) atoms. The molecule has 1 rings (SSSR count). The normalized spacial score (nSPS) is 9.47. The first-order valence-electron chi connectivity index (χ1n) is 4.53. The van der Waals surface area contributed by atoms with Crippen LogP contribution in [-0.4, -0.2) is 12.5 Å². The molecule has 4 heteroatoms. The van der Waals surface area contributed by atoms with E-state index in [9.17, 15) is 9.18 Å². The first-order chi connectivity index (χ1) is 7.17. The molecule has 1 amide bonds. The zero-order valence-corrected chi connectivity index (χ0v) is 8.42. The number of hydrogen-bond acceptors (Lipinski definition) is 2. The molecular weight excluding hydrogens is 197 g/mol. The number of amides is 1. The van der Waals surface area contributed by atoms with Crippen LogP contribution in [0.25, 0.3) is 0 Å². The fourth-order valence-corrected chi connectivity index (χ4v) is 1.06. The Hall–Kier alpha value is -1.84. The van der Waals surface area contributed by atoms with E-state index in [2.05, 4.69) is 11.9 Å². The fraction of sp³-hybridized carbons (Fsp3) is 0.182. The average molecular weight is 209 g/mol. The Balaban J connectivity index is 2.94. The maximum absolute atomic E-state index is 12.9. The highest BCUT2D eigenvalue weighted by molar-refractivity contribution is 5.99. The van der Waals surface area contributed by atoms with Crippen molar-refractivity contribution in [3.63, 3.8) is 0 Å². The molecule has 0 atom stereocenters. The number of carbonyl (C=O) groups is 1. The van der Waals surface area contributed by atoms with Crippen molar-refractivity contribution >= 4 is 11.6 Å². The van der Waals surface area contributed by atoms with Gasteiger partial charge in [-0.05, 0) is 25.1 Å². The van der Waals surface area contributed by atoms with E-state index in [-0.39, 0.29) is 5.91 Å². The number of ether oxygens (including phenoxy) is 1. The Morgan fingerprint density at radius 1 is 1.67 bits per heavy atom. The molecule has 1 aromatic rings. The van der Waals surface area contributed by atoms with Crippen LogP contribution in [-0.2, 0) is 4.79 Å². The summed E-state index contributed by atoms with van der Waals surface area (Å²) in [7, 11) is 0. The Labute approximate surface area is 87.6 Å². The Bertz CT molecular complexity index is 377. The third-order valence-electron chi connectivity index (χ3n) is 1.69. The molecule has 1 aromatic carbocycles. The molecule has 0 radical (unpaired) electrons. The maximum Gasteiger partial charge on any atom is 0.247 e. The molecule has 0 aliphatic carbocycles. The monoisotopic (exact) mass is 209 g/mol. The molecule has 80 valence electrons. The lowest BCUT2D eigenvalue weighted by molar-refractivity contribution is -0.111. The van der Waals surface area contributed by atoms with E-state index in [4.69, 9.17) is 4.74 Å². The lowest BCUT2D eigenvalue weighted by Gasteiger charge is -2.10. The molecule has 0 aromatic heterocycles. The molecule has 3 nitrogen and oxygen atoms in total. The minimum Gasteiger partial charge on any atom is -0.492 e. The number of benzene rings is 1. The molecule has 0 saturated heterocycles. The summed E-state index contributed by atoms with van der Waals surface area (Å²) in [4.78, 5) is 11.0. The summed E-state index contributed by atoms with van der Waals surface area (Å²) in [5, 5.41) is 2.52. The van der Waals surface area contributed by atoms with Crippen molar-refractivity contribution in [1.82, 2.24) is 0 Å². The molecule has 0 heterocycles. The van der Waals surface area contributed by atoms with Gasteiger partial charge in [-0.3, -0.25) is 4.79 Å².